The minimum Gasteiger partial charge on any atom is -0.480 e. The molecular weight excluding hydrogens is 444 g/mol. The number of benzene rings is 2. The molecule has 1 unspecified atom stereocenters. The number of nitrogens with one attached hydrogen (secondary N) is 1. The van der Waals surface area contributed by atoms with E-state index in [-0.39, 0.29) is 16.5 Å². The van der Waals surface area contributed by atoms with E-state index >= 15 is 0 Å². The molecule has 4 rings (SSSR count). The molecule has 8 heteroatoms. The van der Waals surface area contributed by atoms with Crippen LogP contribution >= 0.6 is 11.3 Å². The molecule has 1 aromatic heterocycles. The van der Waals surface area contributed by atoms with Gasteiger partial charge in [0.1, 0.15) is 10.3 Å². The van der Waals surface area contributed by atoms with Gasteiger partial charge < -0.3 is 5.11 Å². The summed E-state index contributed by atoms with van der Waals surface area (Å²) >= 11 is 1.01. The number of hydrogen-bond acceptors (Lipinski definition) is 5. The van der Waals surface area contributed by atoms with Gasteiger partial charge in [-0.3, -0.25) is 9.79 Å². The van der Waals surface area contributed by atoms with E-state index in [2.05, 4.69) is 21.6 Å². The molecule has 0 spiro atoms. The lowest BCUT2D eigenvalue weighted by Crippen LogP contribution is -2.42. The number of carbonyl (C=O) groups is 1. The average Bonchev–Trinajstić information content (AvgIpc) is 3.28. The maximum absolute atomic E-state index is 12.8. The maximum Gasteiger partial charge on any atom is 0.321 e. The first kappa shape index (κ1) is 22.0. The number of fused-ring (bicyclic) bond motifs is 1. The normalized spacial score (nSPS) is 15.9. The molecular formula is C24H20N2O4S2. The Morgan fingerprint density at radius 3 is 2.62 bits per heavy atom. The van der Waals surface area contributed by atoms with Gasteiger partial charge in [0.2, 0.25) is 0 Å². The smallest absolute Gasteiger partial charge is 0.321 e. The molecule has 2 atom stereocenters. The van der Waals surface area contributed by atoms with Crippen LogP contribution in [0.3, 0.4) is 0 Å². The Morgan fingerprint density at radius 2 is 1.84 bits per heavy atom. The summed E-state index contributed by atoms with van der Waals surface area (Å²) in [5, 5.41) is 9.63. The Hall–Kier alpha value is -3.25. The molecule has 0 saturated heterocycles. The predicted octanol–water partition coefficient (Wildman–Crippen LogP) is 3.84. The Kier molecular flexibility index (Phi) is 6.51. The highest BCUT2D eigenvalue weighted by Gasteiger charge is 2.29. The van der Waals surface area contributed by atoms with Gasteiger partial charge in [0.15, 0.2) is 0 Å². The van der Waals surface area contributed by atoms with Crippen molar-refractivity contribution in [3.63, 3.8) is 0 Å². The Labute approximate surface area is 190 Å². The molecule has 0 saturated carbocycles. The third-order valence-corrected chi connectivity index (χ3v) is 7.95. The summed E-state index contributed by atoms with van der Waals surface area (Å²) < 4.78 is 28.0. The van der Waals surface area contributed by atoms with Gasteiger partial charge in [0.25, 0.3) is 10.0 Å². The van der Waals surface area contributed by atoms with Crippen LogP contribution in [0.2, 0.25) is 0 Å². The zero-order valence-electron chi connectivity index (χ0n) is 16.9. The molecule has 2 N–H and O–H groups in total. The monoisotopic (exact) mass is 464 g/mol. The Balaban J connectivity index is 1.46. The van der Waals surface area contributed by atoms with Crippen molar-refractivity contribution in [2.45, 2.75) is 23.1 Å². The molecule has 162 valence electrons. The van der Waals surface area contributed by atoms with Crippen LogP contribution in [0.4, 0.5) is 5.69 Å². The minimum absolute atomic E-state index is 0.0313. The first-order valence-corrected chi connectivity index (χ1v) is 12.2. The summed E-state index contributed by atoms with van der Waals surface area (Å²) in [6.45, 7) is 0. The number of para-hydroxylation sites is 1. The van der Waals surface area contributed by atoms with Gasteiger partial charge in [-0.25, -0.2) is 8.42 Å². The van der Waals surface area contributed by atoms with E-state index < -0.39 is 22.0 Å². The Bertz CT molecular complexity index is 1320. The van der Waals surface area contributed by atoms with Crippen LogP contribution < -0.4 is 4.72 Å². The molecule has 0 bridgehead atoms. The van der Waals surface area contributed by atoms with Gasteiger partial charge in [-0.2, -0.15) is 4.72 Å². The van der Waals surface area contributed by atoms with Gasteiger partial charge in [-0.1, -0.05) is 48.2 Å². The topological polar surface area (TPSA) is 95.8 Å². The van der Waals surface area contributed by atoms with E-state index in [1.807, 2.05) is 54.6 Å². The van der Waals surface area contributed by atoms with Crippen molar-refractivity contribution < 1.29 is 18.3 Å². The zero-order chi connectivity index (χ0) is 22.6. The number of hydrogen-bond donors (Lipinski definition) is 2. The third-order valence-electron chi connectivity index (χ3n) is 4.98. The fourth-order valence-electron chi connectivity index (χ4n) is 3.41. The molecule has 3 aromatic rings. The largest absolute Gasteiger partial charge is 0.480 e. The van der Waals surface area contributed by atoms with Crippen LogP contribution in [0.1, 0.15) is 22.4 Å². The quantitative estimate of drug-likeness (QED) is 0.542. The summed E-state index contributed by atoms with van der Waals surface area (Å²) in [5.74, 6) is 4.53. The van der Waals surface area contributed by atoms with E-state index in [1.165, 1.54) is 6.07 Å². The molecule has 1 aliphatic heterocycles. The molecule has 6 nitrogen and oxygen atoms in total. The number of aliphatic imine (C=N–C) groups is 1. The van der Waals surface area contributed by atoms with Crippen molar-refractivity contribution in [2.75, 3.05) is 0 Å². The summed E-state index contributed by atoms with van der Waals surface area (Å²) in [4.78, 5) is 16.8. The highest BCUT2D eigenvalue weighted by molar-refractivity contribution is 7.91. The minimum atomic E-state index is -4.00. The lowest BCUT2D eigenvalue weighted by molar-refractivity contribution is -0.139. The molecule has 2 heterocycles. The standard InChI is InChI=1S/C24H20N2O4S2/c27-24(28)22(15-18-14-19-8-4-5-9-21(19)25-16-18)26-32(29,30)23-13-12-20(31-23)11-10-17-6-2-1-3-7-17/h1-9,12-13,16,18,22,26H,14-15H2,(H,27,28)/t18?,22-/m0/s1. The zero-order valence-corrected chi connectivity index (χ0v) is 18.6. The fourth-order valence-corrected chi connectivity index (χ4v) is 5.79. The molecule has 32 heavy (non-hydrogen) atoms. The second kappa shape index (κ2) is 9.49. The number of rotatable bonds is 6. The van der Waals surface area contributed by atoms with Gasteiger partial charge in [0, 0.05) is 17.7 Å². The molecule has 0 fully saturated rings. The number of carboxylic acid groups (broad SMARTS) is 1. The molecule has 0 radical (unpaired) electrons. The summed E-state index contributed by atoms with van der Waals surface area (Å²) in [6, 6.07) is 18.8. The average molecular weight is 465 g/mol. The predicted molar refractivity (Wildman–Crippen MR) is 125 cm³/mol. The van der Waals surface area contributed by atoms with Gasteiger partial charge in [-0.05, 0) is 48.7 Å². The number of nitrogens with zero attached hydrogens (tertiary/aromatic N) is 1. The van der Waals surface area contributed by atoms with Crippen molar-refractivity contribution >= 4 is 39.2 Å². The van der Waals surface area contributed by atoms with Crippen LogP contribution in [0.15, 0.2) is 75.9 Å². The van der Waals surface area contributed by atoms with Crippen molar-refractivity contribution in [3.05, 3.63) is 82.7 Å². The molecule has 0 amide bonds. The molecule has 1 aliphatic rings. The van der Waals surface area contributed by atoms with E-state index in [9.17, 15) is 18.3 Å². The van der Waals surface area contributed by atoms with E-state index in [0.717, 1.165) is 28.2 Å². The molecule has 2 aromatic carbocycles. The van der Waals surface area contributed by atoms with E-state index in [4.69, 9.17) is 0 Å². The van der Waals surface area contributed by atoms with Crippen LogP contribution in [0.5, 0.6) is 0 Å². The van der Waals surface area contributed by atoms with Crippen LogP contribution in [-0.4, -0.2) is 31.8 Å². The van der Waals surface area contributed by atoms with Crippen molar-refractivity contribution in [1.29, 1.82) is 0 Å². The number of aliphatic carboxylic acids is 1. The SMILES string of the molecule is O=C(O)[C@H](CC1C=Nc2ccccc2C1)NS(=O)(=O)c1ccc(C#Cc2ccccc2)s1. The first-order chi connectivity index (χ1) is 15.4. The number of sulfonamides is 1. The molecule has 0 aliphatic carbocycles. The van der Waals surface area contributed by atoms with Crippen molar-refractivity contribution in [1.82, 2.24) is 4.72 Å². The van der Waals surface area contributed by atoms with Gasteiger partial charge in [0.05, 0.1) is 10.6 Å². The van der Waals surface area contributed by atoms with Crippen LogP contribution in [0, 0.1) is 17.8 Å². The second-order valence-electron chi connectivity index (χ2n) is 7.35. The second-order valence-corrected chi connectivity index (χ2v) is 10.4. The lowest BCUT2D eigenvalue weighted by Gasteiger charge is -2.22. The number of thiophene rings is 1. The van der Waals surface area contributed by atoms with Gasteiger partial charge >= 0.3 is 5.97 Å². The van der Waals surface area contributed by atoms with Gasteiger partial charge in [-0.15, -0.1) is 11.3 Å². The van der Waals surface area contributed by atoms with Crippen molar-refractivity contribution in [3.8, 4) is 11.8 Å². The highest BCUT2D eigenvalue weighted by Crippen LogP contribution is 2.28. The summed E-state index contributed by atoms with van der Waals surface area (Å²) in [6.07, 6.45) is 2.43. The van der Waals surface area contributed by atoms with E-state index in [1.54, 1.807) is 12.3 Å². The number of carboxylic acids is 1. The summed E-state index contributed by atoms with van der Waals surface area (Å²) in [5.41, 5.74) is 2.70. The Morgan fingerprint density at radius 1 is 1.09 bits per heavy atom. The summed E-state index contributed by atoms with van der Waals surface area (Å²) in [7, 11) is -4.00. The maximum atomic E-state index is 12.8. The third kappa shape index (κ3) is 5.32. The van der Waals surface area contributed by atoms with Crippen LogP contribution in [0.25, 0.3) is 0 Å². The van der Waals surface area contributed by atoms with E-state index in [0.29, 0.717) is 11.3 Å². The lowest BCUT2D eigenvalue weighted by atomic mass is 9.91. The van der Waals surface area contributed by atoms with Crippen LogP contribution in [-0.2, 0) is 21.2 Å². The highest BCUT2D eigenvalue weighted by atomic mass is 32.2. The first-order valence-electron chi connectivity index (χ1n) is 9.95. The fraction of sp³-hybridized carbons (Fsp3) is 0.167. The van der Waals surface area contributed by atoms with Crippen molar-refractivity contribution in [2.24, 2.45) is 10.9 Å².